The van der Waals surface area contributed by atoms with E-state index in [0.29, 0.717) is 0 Å². The fourth-order valence-corrected chi connectivity index (χ4v) is 2.05. The van der Waals surface area contributed by atoms with Crippen LogP contribution in [0.25, 0.3) is 0 Å². The maximum absolute atomic E-state index is 12.2. The third-order valence-electron chi connectivity index (χ3n) is 2.95. The smallest absolute Gasteiger partial charge is 0.282 e. The zero-order chi connectivity index (χ0) is 12.5. The van der Waals surface area contributed by atoms with Crippen LogP contribution in [0, 0.1) is 0 Å². The topological polar surface area (TPSA) is 47.8 Å². The molecule has 0 radical (unpaired) electrons. The molecule has 1 aliphatic carbocycles. The van der Waals surface area contributed by atoms with Crippen molar-refractivity contribution in [3.05, 3.63) is 11.9 Å². The predicted octanol–water partition coefficient (Wildman–Crippen LogP) is 2.53. The molecule has 1 aromatic rings. The van der Waals surface area contributed by atoms with Crippen LogP contribution in [0.5, 0.6) is 0 Å². The Bertz CT molecular complexity index is 407. The van der Waals surface area contributed by atoms with Gasteiger partial charge in [-0.3, -0.25) is 4.79 Å². The molecule has 1 aliphatic rings. The second-order valence-electron chi connectivity index (χ2n) is 4.20. The first-order valence-corrected chi connectivity index (χ1v) is 5.52. The van der Waals surface area contributed by atoms with Crippen molar-refractivity contribution in [3.63, 3.8) is 0 Å². The lowest BCUT2D eigenvalue weighted by Crippen LogP contribution is -2.23. The Hall–Kier alpha value is -1.40. The van der Waals surface area contributed by atoms with Gasteiger partial charge in [-0.2, -0.15) is 13.2 Å². The monoisotopic (exact) mass is 247 g/mol. The van der Waals surface area contributed by atoms with E-state index in [-0.39, 0.29) is 6.04 Å². The second kappa shape index (κ2) is 4.46. The molecule has 0 spiro atoms. The third-order valence-corrected chi connectivity index (χ3v) is 2.95. The summed E-state index contributed by atoms with van der Waals surface area (Å²) >= 11 is 0. The zero-order valence-electron chi connectivity index (χ0n) is 9.07. The average molecular weight is 247 g/mol. The number of alkyl halides is 3. The van der Waals surface area contributed by atoms with Crippen LogP contribution >= 0.6 is 0 Å². The molecular weight excluding hydrogens is 235 g/mol. The lowest BCUT2D eigenvalue weighted by atomic mass is 9.96. The summed E-state index contributed by atoms with van der Waals surface area (Å²) in [6.07, 6.45) is 1.19. The van der Waals surface area contributed by atoms with Gasteiger partial charge >= 0.3 is 6.18 Å². The Balaban J connectivity index is 2.12. The van der Waals surface area contributed by atoms with Crippen molar-refractivity contribution in [1.29, 1.82) is 0 Å². The number of halogens is 3. The van der Waals surface area contributed by atoms with Crippen LogP contribution in [0.1, 0.15) is 48.6 Å². The Morgan fingerprint density at radius 3 is 2.53 bits per heavy atom. The molecule has 1 aromatic heterocycles. The van der Waals surface area contributed by atoms with Gasteiger partial charge in [0.2, 0.25) is 0 Å². The van der Waals surface area contributed by atoms with E-state index in [1.165, 1.54) is 4.68 Å². The number of nitrogens with zero attached hydrogens (tertiary/aromatic N) is 3. The fraction of sp³-hybridized carbons (Fsp3) is 0.700. The lowest BCUT2D eigenvalue weighted by molar-refractivity contribution is -0.0888. The molecule has 4 nitrogen and oxygen atoms in total. The summed E-state index contributed by atoms with van der Waals surface area (Å²) in [7, 11) is 0. The van der Waals surface area contributed by atoms with Crippen molar-refractivity contribution in [2.75, 3.05) is 0 Å². The minimum atomic E-state index is -4.88. The molecule has 2 rings (SSSR count). The summed E-state index contributed by atoms with van der Waals surface area (Å²) in [5.74, 6) is -1.93. The highest BCUT2D eigenvalue weighted by Crippen LogP contribution is 2.28. The minimum absolute atomic E-state index is 0.0750. The van der Waals surface area contributed by atoms with Crippen molar-refractivity contribution < 1.29 is 18.0 Å². The van der Waals surface area contributed by atoms with E-state index in [9.17, 15) is 18.0 Å². The standard InChI is InChI=1S/C10H12F3N3O/c11-10(12,13)9(17)8-6-16(15-14-8)7-4-2-1-3-5-7/h6-7H,1-5H2. The van der Waals surface area contributed by atoms with Gasteiger partial charge < -0.3 is 0 Å². The van der Waals surface area contributed by atoms with E-state index >= 15 is 0 Å². The molecule has 0 bridgehead atoms. The van der Waals surface area contributed by atoms with Gasteiger partial charge in [-0.05, 0) is 12.8 Å². The number of rotatable bonds is 2. The third kappa shape index (κ3) is 2.65. The van der Waals surface area contributed by atoms with Gasteiger partial charge in [0.1, 0.15) is 0 Å². The van der Waals surface area contributed by atoms with Gasteiger partial charge in [-0.1, -0.05) is 24.5 Å². The molecule has 1 fully saturated rings. The van der Waals surface area contributed by atoms with Gasteiger partial charge in [-0.15, -0.1) is 5.10 Å². The van der Waals surface area contributed by atoms with E-state index in [2.05, 4.69) is 10.3 Å². The van der Waals surface area contributed by atoms with Gasteiger partial charge in [-0.25, -0.2) is 4.68 Å². The zero-order valence-corrected chi connectivity index (χ0v) is 9.07. The first-order valence-electron chi connectivity index (χ1n) is 5.52. The van der Waals surface area contributed by atoms with Crippen LogP contribution < -0.4 is 0 Å². The number of aromatic nitrogens is 3. The maximum atomic E-state index is 12.2. The van der Waals surface area contributed by atoms with E-state index in [0.717, 1.165) is 38.3 Å². The Morgan fingerprint density at radius 2 is 1.94 bits per heavy atom. The van der Waals surface area contributed by atoms with Crippen molar-refractivity contribution in [2.24, 2.45) is 0 Å². The van der Waals surface area contributed by atoms with Crippen molar-refractivity contribution in [2.45, 2.75) is 44.3 Å². The summed E-state index contributed by atoms with van der Waals surface area (Å²) in [4.78, 5) is 10.9. The van der Waals surface area contributed by atoms with Crippen LogP contribution in [0.15, 0.2) is 6.20 Å². The number of Topliss-reactive ketones (excluding diaryl/α,β-unsaturated/α-hetero) is 1. The number of hydrogen-bond donors (Lipinski definition) is 0. The molecule has 0 aromatic carbocycles. The Morgan fingerprint density at radius 1 is 1.29 bits per heavy atom. The number of carbonyl (C=O) groups is 1. The van der Waals surface area contributed by atoms with Crippen LogP contribution in [-0.4, -0.2) is 27.0 Å². The Labute approximate surface area is 95.8 Å². The van der Waals surface area contributed by atoms with E-state index in [1.807, 2.05) is 0 Å². The molecule has 94 valence electrons. The van der Waals surface area contributed by atoms with Crippen LogP contribution in [0.3, 0.4) is 0 Å². The molecule has 1 saturated carbocycles. The molecule has 1 heterocycles. The molecule has 0 amide bonds. The molecule has 0 saturated heterocycles. The molecule has 0 unspecified atom stereocenters. The van der Waals surface area contributed by atoms with Crippen molar-refractivity contribution in [1.82, 2.24) is 15.0 Å². The van der Waals surface area contributed by atoms with Crippen LogP contribution in [-0.2, 0) is 0 Å². The van der Waals surface area contributed by atoms with Gasteiger partial charge in [0.05, 0.1) is 12.2 Å². The van der Waals surface area contributed by atoms with E-state index in [1.54, 1.807) is 0 Å². The minimum Gasteiger partial charge on any atom is -0.282 e. The van der Waals surface area contributed by atoms with Gasteiger partial charge in [0.15, 0.2) is 5.69 Å². The first-order chi connectivity index (χ1) is 7.98. The largest absolute Gasteiger partial charge is 0.456 e. The van der Waals surface area contributed by atoms with Gasteiger partial charge in [0.25, 0.3) is 5.78 Å². The molecule has 7 heteroatoms. The summed E-state index contributed by atoms with van der Waals surface area (Å²) < 4.78 is 37.9. The highest BCUT2D eigenvalue weighted by molar-refractivity contribution is 5.98. The highest BCUT2D eigenvalue weighted by Gasteiger charge is 2.41. The normalized spacial score (nSPS) is 18.3. The SMILES string of the molecule is O=C(c1cn(C2CCCCC2)nn1)C(F)(F)F. The predicted molar refractivity (Wildman–Crippen MR) is 52.5 cm³/mol. The number of carbonyl (C=O) groups excluding carboxylic acids is 1. The molecule has 0 aliphatic heterocycles. The van der Waals surface area contributed by atoms with Gasteiger partial charge in [0, 0.05) is 0 Å². The molecular formula is C10H12F3N3O. The maximum Gasteiger partial charge on any atom is 0.456 e. The summed E-state index contributed by atoms with van der Waals surface area (Å²) in [6, 6.07) is 0.0750. The molecule has 0 atom stereocenters. The molecule has 17 heavy (non-hydrogen) atoms. The van der Waals surface area contributed by atoms with Crippen LogP contribution in [0.2, 0.25) is 0 Å². The number of ketones is 1. The quantitative estimate of drug-likeness (QED) is 0.754. The summed E-state index contributed by atoms with van der Waals surface area (Å²) in [6.45, 7) is 0. The summed E-state index contributed by atoms with van der Waals surface area (Å²) in [5.41, 5.74) is -0.622. The summed E-state index contributed by atoms with van der Waals surface area (Å²) in [5, 5.41) is 6.92. The van der Waals surface area contributed by atoms with Crippen molar-refractivity contribution >= 4 is 5.78 Å². The van der Waals surface area contributed by atoms with E-state index < -0.39 is 17.7 Å². The van der Waals surface area contributed by atoms with Crippen LogP contribution in [0.4, 0.5) is 13.2 Å². The highest BCUT2D eigenvalue weighted by atomic mass is 19.4. The average Bonchev–Trinajstić information content (AvgIpc) is 2.77. The van der Waals surface area contributed by atoms with Crippen molar-refractivity contribution in [3.8, 4) is 0 Å². The second-order valence-corrected chi connectivity index (χ2v) is 4.20. The number of hydrogen-bond acceptors (Lipinski definition) is 3. The lowest BCUT2D eigenvalue weighted by Gasteiger charge is -2.20. The fourth-order valence-electron chi connectivity index (χ4n) is 2.05. The first kappa shape index (κ1) is 12.1. The van der Waals surface area contributed by atoms with E-state index in [4.69, 9.17) is 0 Å². The Kier molecular flexibility index (Phi) is 3.17. The molecule has 0 N–H and O–H groups in total.